The zero-order valence-electron chi connectivity index (χ0n) is 23.1. The maximum atomic E-state index is 11.7. The summed E-state index contributed by atoms with van der Waals surface area (Å²) in [6.07, 6.45) is 8.39. The summed E-state index contributed by atoms with van der Waals surface area (Å²) in [5, 5.41) is 13.6. The Labute approximate surface area is 248 Å². The number of hydrogen-bond acceptors (Lipinski definition) is 8. The van der Waals surface area contributed by atoms with E-state index in [1.54, 1.807) is 30.7 Å². The topological polar surface area (TPSA) is 135 Å². The number of carbonyl (C=O) groups excluding carboxylic acids is 1. The van der Waals surface area contributed by atoms with Crippen molar-refractivity contribution in [2.75, 3.05) is 18.4 Å². The molecule has 1 unspecified atom stereocenters. The predicted molar refractivity (Wildman–Crippen MR) is 168 cm³/mol. The summed E-state index contributed by atoms with van der Waals surface area (Å²) in [6, 6.07) is 18.6. The summed E-state index contributed by atoms with van der Waals surface area (Å²) in [5.74, 6) is 0.165. The quantitative estimate of drug-likeness (QED) is 0.0774. The van der Waals surface area contributed by atoms with E-state index in [-0.39, 0.29) is 6.04 Å². The number of nitrogens with zero attached hydrogens (tertiary/aromatic N) is 4. The molecule has 1 amide bonds. The summed E-state index contributed by atoms with van der Waals surface area (Å²) in [6.45, 7) is 2.08. The molecule has 0 radical (unpaired) electrons. The normalized spacial score (nSPS) is 11.9. The number of nitrogens with two attached hydrogens (primary N) is 1. The fourth-order valence-electron chi connectivity index (χ4n) is 5.00. The van der Waals surface area contributed by atoms with Crippen LogP contribution in [0.2, 0.25) is 5.02 Å². The second-order valence-corrected chi connectivity index (χ2v) is 10.6. The van der Waals surface area contributed by atoms with Gasteiger partial charge >= 0.3 is 0 Å². The molecular weight excluding hydrogens is 550 g/mol. The second-order valence-electron chi connectivity index (χ2n) is 10.2. The van der Waals surface area contributed by atoms with Crippen LogP contribution in [-0.2, 0) is 6.54 Å². The van der Waals surface area contributed by atoms with E-state index in [4.69, 9.17) is 22.3 Å². The summed E-state index contributed by atoms with van der Waals surface area (Å²) < 4.78 is 0. The van der Waals surface area contributed by atoms with Crippen LogP contribution in [0.4, 0.5) is 5.82 Å². The first-order valence-electron chi connectivity index (χ1n) is 14.0. The van der Waals surface area contributed by atoms with Gasteiger partial charge in [0.05, 0.1) is 22.3 Å². The average Bonchev–Trinajstić information content (AvgIpc) is 3.02. The number of aromatic nitrogens is 3. The summed E-state index contributed by atoms with van der Waals surface area (Å²) in [7, 11) is 0. The van der Waals surface area contributed by atoms with Gasteiger partial charge < -0.3 is 16.4 Å². The van der Waals surface area contributed by atoms with E-state index in [1.807, 2.05) is 42.5 Å². The molecule has 0 spiro atoms. The van der Waals surface area contributed by atoms with Gasteiger partial charge in [0.1, 0.15) is 5.82 Å². The largest absolute Gasteiger partial charge is 0.369 e. The van der Waals surface area contributed by atoms with Crippen LogP contribution in [0.3, 0.4) is 0 Å². The van der Waals surface area contributed by atoms with Crippen molar-refractivity contribution in [2.24, 2.45) is 10.9 Å². The Morgan fingerprint density at radius 2 is 1.86 bits per heavy atom. The fraction of sp³-hybridized carbons (Fsp3) is 0.250. The summed E-state index contributed by atoms with van der Waals surface area (Å²) in [5.41, 5.74) is 9.39. The Hall–Kier alpha value is -4.47. The lowest BCUT2D eigenvalue weighted by molar-refractivity contribution is 0.100. The SMILES string of the molecule is NC(=O)c1ccc2c(c1)nc(NCCC(CCCCNCc1ccc(-c3ccccn3)c(Cl)c1)N=O)c1ccncc12. The van der Waals surface area contributed by atoms with E-state index >= 15 is 0 Å². The Kier molecular flexibility index (Phi) is 9.63. The zero-order valence-corrected chi connectivity index (χ0v) is 23.8. The first kappa shape index (κ1) is 29.0. The minimum Gasteiger partial charge on any atom is -0.369 e. The lowest BCUT2D eigenvalue weighted by atomic mass is 10.0. The van der Waals surface area contributed by atoms with Gasteiger partial charge in [-0.05, 0) is 74.2 Å². The number of anilines is 1. The van der Waals surface area contributed by atoms with Crippen molar-refractivity contribution in [3.8, 4) is 11.3 Å². The van der Waals surface area contributed by atoms with Crippen molar-refractivity contribution in [1.29, 1.82) is 0 Å². The summed E-state index contributed by atoms with van der Waals surface area (Å²) >= 11 is 6.49. The molecule has 0 aliphatic heterocycles. The smallest absolute Gasteiger partial charge is 0.248 e. The van der Waals surface area contributed by atoms with Crippen LogP contribution in [-0.4, -0.2) is 40.0 Å². The van der Waals surface area contributed by atoms with Gasteiger partial charge in [0.2, 0.25) is 5.91 Å². The Balaban J connectivity index is 1.08. The van der Waals surface area contributed by atoms with Crippen LogP contribution in [0.5, 0.6) is 0 Å². The van der Waals surface area contributed by atoms with E-state index in [0.717, 1.165) is 58.8 Å². The third kappa shape index (κ3) is 7.05. The molecule has 214 valence electrons. The molecule has 0 saturated heterocycles. The number of carbonyl (C=O) groups is 1. The van der Waals surface area contributed by atoms with Gasteiger partial charge in [-0.25, -0.2) is 4.98 Å². The molecule has 5 aromatic rings. The fourth-order valence-corrected chi connectivity index (χ4v) is 5.30. The van der Waals surface area contributed by atoms with Gasteiger partial charge in [-0.3, -0.25) is 14.8 Å². The van der Waals surface area contributed by atoms with Crippen LogP contribution >= 0.6 is 11.6 Å². The zero-order chi connectivity index (χ0) is 29.3. The Bertz CT molecular complexity index is 1700. The molecule has 0 aliphatic carbocycles. The molecule has 0 bridgehead atoms. The molecule has 5 rings (SSSR count). The molecule has 42 heavy (non-hydrogen) atoms. The van der Waals surface area contributed by atoms with Gasteiger partial charge in [0.25, 0.3) is 0 Å². The van der Waals surface area contributed by atoms with Crippen LogP contribution in [0.1, 0.15) is 41.6 Å². The highest BCUT2D eigenvalue weighted by molar-refractivity contribution is 6.33. The van der Waals surface area contributed by atoms with Gasteiger partial charge in [-0.15, -0.1) is 0 Å². The number of fused-ring (bicyclic) bond motifs is 3. The lowest BCUT2D eigenvalue weighted by Gasteiger charge is -2.14. The van der Waals surface area contributed by atoms with Gasteiger partial charge in [-0.1, -0.05) is 41.0 Å². The highest BCUT2D eigenvalue weighted by Crippen LogP contribution is 2.30. The number of primary amides is 1. The minimum absolute atomic E-state index is 0.287. The van der Waals surface area contributed by atoms with Crippen LogP contribution in [0, 0.1) is 4.91 Å². The molecule has 9 nitrogen and oxygen atoms in total. The van der Waals surface area contributed by atoms with E-state index < -0.39 is 5.91 Å². The average molecular weight is 582 g/mol. The molecule has 1 atom stereocenters. The van der Waals surface area contributed by atoms with Crippen LogP contribution < -0.4 is 16.4 Å². The van der Waals surface area contributed by atoms with Crippen LogP contribution in [0.25, 0.3) is 32.9 Å². The Morgan fingerprint density at radius 3 is 2.64 bits per heavy atom. The maximum Gasteiger partial charge on any atom is 0.248 e. The first-order valence-corrected chi connectivity index (χ1v) is 14.4. The molecule has 0 aliphatic rings. The number of hydrogen-bond donors (Lipinski definition) is 3. The highest BCUT2D eigenvalue weighted by Gasteiger charge is 2.13. The number of rotatable bonds is 14. The molecule has 2 aromatic carbocycles. The minimum atomic E-state index is -0.505. The standard InChI is InChI=1S/C32H32ClN7O2/c33-28-17-21(7-9-26(28)29-6-2-4-14-37-29)19-35-13-3-1-5-23(40-42)11-16-38-32-25-12-15-36-20-27(25)24-10-8-22(31(34)41)18-30(24)39-32/h2,4,6-10,12,14-15,17-18,20,23,35H,1,3,5,11,13,16,19H2,(H2,34,41)(H,38,39). The monoisotopic (exact) mass is 581 g/mol. The highest BCUT2D eigenvalue weighted by atomic mass is 35.5. The second kappa shape index (κ2) is 13.9. The van der Waals surface area contributed by atoms with E-state index in [9.17, 15) is 9.70 Å². The van der Waals surface area contributed by atoms with Crippen molar-refractivity contribution < 1.29 is 4.79 Å². The molecule has 3 heterocycles. The van der Waals surface area contributed by atoms with E-state index in [2.05, 4.69) is 31.8 Å². The maximum absolute atomic E-state index is 11.7. The molecule has 3 aromatic heterocycles. The van der Waals surface area contributed by atoms with Crippen molar-refractivity contribution in [2.45, 2.75) is 38.3 Å². The lowest BCUT2D eigenvalue weighted by Crippen LogP contribution is -2.16. The first-order chi connectivity index (χ1) is 20.5. The third-order valence-corrected chi connectivity index (χ3v) is 7.56. The summed E-state index contributed by atoms with van der Waals surface area (Å²) in [4.78, 5) is 36.6. The van der Waals surface area contributed by atoms with Gasteiger partial charge in [-0.2, -0.15) is 4.91 Å². The van der Waals surface area contributed by atoms with Crippen LogP contribution in [0.15, 0.2) is 84.4 Å². The van der Waals surface area contributed by atoms with E-state index in [0.29, 0.717) is 41.4 Å². The van der Waals surface area contributed by atoms with Gasteiger partial charge in [0, 0.05) is 59.0 Å². The number of unbranched alkanes of at least 4 members (excludes halogenated alkanes) is 1. The number of amides is 1. The number of pyridine rings is 3. The van der Waals surface area contributed by atoms with Crippen molar-refractivity contribution in [1.82, 2.24) is 20.3 Å². The Morgan fingerprint density at radius 1 is 0.952 bits per heavy atom. The van der Waals surface area contributed by atoms with Crippen molar-refractivity contribution in [3.05, 3.63) is 100 Å². The predicted octanol–water partition coefficient (Wildman–Crippen LogP) is 6.49. The number of halogens is 1. The number of benzene rings is 2. The number of nitrogens with one attached hydrogen (secondary N) is 2. The molecule has 0 saturated carbocycles. The van der Waals surface area contributed by atoms with Crippen molar-refractivity contribution >= 4 is 45.0 Å². The molecule has 0 fully saturated rings. The molecule has 4 N–H and O–H groups in total. The third-order valence-electron chi connectivity index (χ3n) is 7.24. The van der Waals surface area contributed by atoms with Crippen molar-refractivity contribution in [3.63, 3.8) is 0 Å². The molecular formula is C32H32ClN7O2. The van der Waals surface area contributed by atoms with Gasteiger partial charge in [0.15, 0.2) is 0 Å². The molecule has 10 heteroatoms. The number of nitroso groups, excluding NO2 is 1. The van der Waals surface area contributed by atoms with E-state index in [1.165, 1.54) is 0 Å².